The van der Waals surface area contributed by atoms with Gasteiger partial charge < -0.3 is 5.32 Å². The molecule has 1 N–H and O–H groups in total. The molecule has 1 aliphatic carbocycles. The number of thioether (sulfide) groups is 1. The second-order valence-electron chi connectivity index (χ2n) is 10.8. The molecule has 0 spiro atoms. The number of benzene rings is 1. The number of piperidine rings is 1. The molecular weight excluding hydrogens is 528 g/mol. The first-order valence-electron chi connectivity index (χ1n) is 14.2. The molecule has 2 aliphatic rings. The Bertz CT molecular complexity index is 1380. The van der Waals surface area contributed by atoms with E-state index in [1.807, 2.05) is 23.9 Å². The van der Waals surface area contributed by atoms with Crippen molar-refractivity contribution in [3.05, 3.63) is 54.4 Å². The molecule has 1 saturated carbocycles. The van der Waals surface area contributed by atoms with Gasteiger partial charge in [-0.05, 0) is 80.2 Å². The van der Waals surface area contributed by atoms with E-state index in [2.05, 4.69) is 17.2 Å². The molecule has 5 rings (SSSR count). The molecule has 39 heavy (non-hydrogen) atoms. The third-order valence-corrected chi connectivity index (χ3v) is 11.2. The fourth-order valence-electron chi connectivity index (χ4n) is 5.44. The third kappa shape index (κ3) is 6.81. The first kappa shape index (κ1) is 28.1. The molecule has 3 aromatic rings. The van der Waals surface area contributed by atoms with Crippen LogP contribution in [0.1, 0.15) is 68.6 Å². The highest BCUT2D eigenvalue weighted by atomic mass is 32.2. The van der Waals surface area contributed by atoms with Crippen LogP contribution in [0.15, 0.2) is 53.7 Å². The molecule has 208 valence electrons. The average Bonchev–Trinajstić information content (AvgIpc) is 2.97. The predicted molar refractivity (Wildman–Crippen MR) is 158 cm³/mol. The van der Waals surface area contributed by atoms with Crippen molar-refractivity contribution in [1.82, 2.24) is 19.6 Å². The Morgan fingerprint density at radius 3 is 2.62 bits per heavy atom. The third-order valence-electron chi connectivity index (χ3n) is 7.87. The molecule has 3 heterocycles. The summed E-state index contributed by atoms with van der Waals surface area (Å²) in [6, 6.07) is 10.4. The molecule has 0 atom stereocenters. The molecule has 0 radical (unpaired) electrons. The number of hydrogen-bond donors (Lipinski definition) is 1. The van der Waals surface area contributed by atoms with Gasteiger partial charge in [0.15, 0.2) is 0 Å². The molecule has 2 fully saturated rings. The van der Waals surface area contributed by atoms with Crippen LogP contribution in [0.3, 0.4) is 0 Å². The summed E-state index contributed by atoms with van der Waals surface area (Å²) < 4.78 is 28.5. The zero-order chi connectivity index (χ0) is 27.2. The molecular formula is C30H38N4O3S2. The lowest BCUT2D eigenvalue weighted by Gasteiger charge is -2.29. The number of rotatable bonds is 9. The lowest BCUT2D eigenvalue weighted by Crippen LogP contribution is -2.37. The van der Waals surface area contributed by atoms with E-state index in [0.29, 0.717) is 47.7 Å². The number of sulfonamides is 1. The highest BCUT2D eigenvalue weighted by Crippen LogP contribution is 2.30. The average molecular weight is 567 g/mol. The van der Waals surface area contributed by atoms with E-state index in [1.165, 1.54) is 32.1 Å². The van der Waals surface area contributed by atoms with E-state index in [4.69, 9.17) is 4.98 Å². The Morgan fingerprint density at radius 2 is 1.87 bits per heavy atom. The van der Waals surface area contributed by atoms with Crippen molar-refractivity contribution in [2.75, 3.05) is 25.4 Å². The molecule has 9 heteroatoms. The summed E-state index contributed by atoms with van der Waals surface area (Å²) in [6.07, 6.45) is 12.7. The van der Waals surface area contributed by atoms with Gasteiger partial charge in [0, 0.05) is 48.2 Å². The van der Waals surface area contributed by atoms with Crippen LogP contribution in [-0.2, 0) is 10.0 Å². The van der Waals surface area contributed by atoms with Crippen molar-refractivity contribution in [1.29, 1.82) is 0 Å². The molecule has 2 aromatic heterocycles. The summed E-state index contributed by atoms with van der Waals surface area (Å²) in [6.45, 7) is 3.78. The van der Waals surface area contributed by atoms with Gasteiger partial charge in [-0.1, -0.05) is 26.2 Å². The fraction of sp³-hybridized carbons (Fsp3) is 0.500. The van der Waals surface area contributed by atoms with E-state index in [9.17, 15) is 13.2 Å². The molecule has 0 bridgehead atoms. The molecule has 1 amide bonds. The Balaban J connectivity index is 1.39. The molecule has 7 nitrogen and oxygen atoms in total. The largest absolute Gasteiger partial charge is 0.352 e. The second-order valence-corrected chi connectivity index (χ2v) is 14.1. The normalized spacial score (nSPS) is 17.9. The maximum absolute atomic E-state index is 13.5. The van der Waals surface area contributed by atoms with Crippen molar-refractivity contribution in [3.63, 3.8) is 0 Å². The SMILES string of the molecule is CC1CCN(S(=O)(=O)c2ccc3nc(-c4cccnc4)cc(C(=O)NCCCSC4CCCCC4)c3c2)CC1. The van der Waals surface area contributed by atoms with E-state index in [-0.39, 0.29) is 10.8 Å². The van der Waals surface area contributed by atoms with Crippen molar-refractivity contribution >= 4 is 38.6 Å². The van der Waals surface area contributed by atoms with E-state index >= 15 is 0 Å². The summed E-state index contributed by atoms with van der Waals surface area (Å²) in [5.74, 6) is 1.34. The van der Waals surface area contributed by atoms with Crippen molar-refractivity contribution in [2.24, 2.45) is 5.92 Å². The van der Waals surface area contributed by atoms with Gasteiger partial charge in [-0.3, -0.25) is 9.78 Å². The Hall–Kier alpha value is -2.49. The van der Waals surface area contributed by atoms with Crippen LogP contribution in [-0.4, -0.2) is 59.2 Å². The number of amides is 1. The van der Waals surface area contributed by atoms with Gasteiger partial charge in [0.2, 0.25) is 10.0 Å². The first-order chi connectivity index (χ1) is 18.9. The number of nitrogens with zero attached hydrogens (tertiary/aromatic N) is 3. The van der Waals surface area contributed by atoms with E-state index < -0.39 is 10.0 Å². The highest BCUT2D eigenvalue weighted by molar-refractivity contribution is 7.99. The predicted octanol–water partition coefficient (Wildman–Crippen LogP) is 5.90. The topological polar surface area (TPSA) is 92.3 Å². The number of carbonyl (C=O) groups is 1. The fourth-order valence-corrected chi connectivity index (χ4v) is 8.25. The Labute approximate surface area is 236 Å². The minimum Gasteiger partial charge on any atom is -0.352 e. The van der Waals surface area contributed by atoms with Crippen LogP contribution in [0.2, 0.25) is 0 Å². The minimum absolute atomic E-state index is 0.207. The summed E-state index contributed by atoms with van der Waals surface area (Å²) in [4.78, 5) is 22.7. The maximum atomic E-state index is 13.5. The van der Waals surface area contributed by atoms with Crippen LogP contribution in [0.25, 0.3) is 22.2 Å². The molecule has 0 unspecified atom stereocenters. The van der Waals surface area contributed by atoms with Gasteiger partial charge in [0.25, 0.3) is 5.91 Å². The Kier molecular flexibility index (Phi) is 9.20. The lowest BCUT2D eigenvalue weighted by molar-refractivity contribution is 0.0955. The van der Waals surface area contributed by atoms with Gasteiger partial charge in [0.1, 0.15) is 0 Å². The first-order valence-corrected chi connectivity index (χ1v) is 16.7. The van der Waals surface area contributed by atoms with Crippen molar-refractivity contribution in [2.45, 2.75) is 68.4 Å². The summed E-state index contributed by atoms with van der Waals surface area (Å²) in [7, 11) is -3.66. The van der Waals surface area contributed by atoms with Crippen molar-refractivity contribution in [3.8, 4) is 11.3 Å². The number of nitrogens with one attached hydrogen (secondary N) is 1. The van der Waals surface area contributed by atoms with E-state index in [1.54, 1.807) is 41.0 Å². The monoisotopic (exact) mass is 566 g/mol. The molecule has 1 aliphatic heterocycles. The molecule has 1 saturated heterocycles. The number of hydrogen-bond acceptors (Lipinski definition) is 6. The standard InChI is InChI=1S/C30H38N4O3S2/c1-22-12-16-34(17-13-22)39(36,37)25-10-11-28-26(19-25)27(20-29(33-28)23-7-5-14-31-21-23)30(35)32-15-6-18-38-24-8-3-2-4-9-24/h5,7,10-11,14,19-22,24H,2-4,6,8-9,12-13,15-18H2,1H3,(H,32,35). The number of carbonyl (C=O) groups excluding carboxylic acids is 1. The number of fused-ring (bicyclic) bond motifs is 1. The van der Waals surface area contributed by atoms with Gasteiger partial charge in [-0.25, -0.2) is 13.4 Å². The van der Waals surface area contributed by atoms with Crippen LogP contribution < -0.4 is 5.32 Å². The van der Waals surface area contributed by atoms with Crippen LogP contribution in [0, 0.1) is 5.92 Å². The van der Waals surface area contributed by atoms with Crippen LogP contribution in [0.5, 0.6) is 0 Å². The maximum Gasteiger partial charge on any atom is 0.252 e. The van der Waals surface area contributed by atoms with Gasteiger partial charge in [-0.2, -0.15) is 16.1 Å². The van der Waals surface area contributed by atoms with Gasteiger partial charge >= 0.3 is 0 Å². The Morgan fingerprint density at radius 1 is 1.08 bits per heavy atom. The molecule has 1 aromatic carbocycles. The van der Waals surface area contributed by atoms with Crippen LogP contribution in [0.4, 0.5) is 0 Å². The zero-order valence-corrected chi connectivity index (χ0v) is 24.3. The summed E-state index contributed by atoms with van der Waals surface area (Å²) in [5.41, 5.74) is 2.45. The minimum atomic E-state index is -3.66. The van der Waals surface area contributed by atoms with Crippen molar-refractivity contribution < 1.29 is 13.2 Å². The van der Waals surface area contributed by atoms with Gasteiger partial charge in [0.05, 0.1) is 21.7 Å². The zero-order valence-electron chi connectivity index (χ0n) is 22.6. The summed E-state index contributed by atoms with van der Waals surface area (Å²) in [5, 5.41) is 4.38. The number of pyridine rings is 2. The number of aromatic nitrogens is 2. The smallest absolute Gasteiger partial charge is 0.252 e. The van der Waals surface area contributed by atoms with Crippen LogP contribution >= 0.6 is 11.8 Å². The van der Waals surface area contributed by atoms with E-state index in [0.717, 1.165) is 35.8 Å². The highest BCUT2D eigenvalue weighted by Gasteiger charge is 2.29. The van der Waals surface area contributed by atoms with Gasteiger partial charge in [-0.15, -0.1) is 0 Å². The lowest BCUT2D eigenvalue weighted by atomic mass is 10.0. The summed E-state index contributed by atoms with van der Waals surface area (Å²) >= 11 is 2.03. The quantitative estimate of drug-likeness (QED) is 0.324. The second kappa shape index (κ2) is 12.8.